The number of unbranched alkanes of at least 4 members (excludes halogenated alkanes) is 5. The summed E-state index contributed by atoms with van der Waals surface area (Å²) in [5, 5.41) is 9.02. The van der Waals surface area contributed by atoms with Gasteiger partial charge in [-0.15, -0.1) is 0 Å². The lowest BCUT2D eigenvalue weighted by atomic mass is 9.94. The zero-order chi connectivity index (χ0) is 12.7. The number of carboxylic acid groups (broad SMARTS) is 1. The third kappa shape index (κ3) is 4.15. The summed E-state index contributed by atoms with van der Waals surface area (Å²) in [4.78, 5) is 11.0. The molecule has 0 spiro atoms. The van der Waals surface area contributed by atoms with E-state index in [2.05, 4.69) is 13.0 Å². The van der Waals surface area contributed by atoms with Crippen LogP contribution in [0.15, 0.2) is 12.2 Å². The number of ether oxygens (including phenoxy) is 1. The molecule has 3 heteroatoms. The van der Waals surface area contributed by atoms with E-state index in [1.54, 1.807) is 0 Å². The quantitative estimate of drug-likeness (QED) is 0.382. The Labute approximate surface area is 104 Å². The third-order valence-electron chi connectivity index (χ3n) is 3.45. The average molecular weight is 240 g/mol. The molecular weight excluding hydrogens is 216 g/mol. The van der Waals surface area contributed by atoms with Crippen molar-refractivity contribution >= 4 is 5.97 Å². The number of hydrogen-bond donors (Lipinski definition) is 1. The Morgan fingerprint density at radius 1 is 1.41 bits per heavy atom. The summed E-state index contributed by atoms with van der Waals surface area (Å²) >= 11 is 0. The molecule has 1 aliphatic rings. The summed E-state index contributed by atoms with van der Waals surface area (Å²) in [6.45, 7) is 4.47. The number of carbonyl (C=O) groups is 1. The molecule has 0 aromatic carbocycles. The van der Waals surface area contributed by atoms with E-state index in [1.807, 2.05) is 13.0 Å². The monoisotopic (exact) mass is 240 g/mol. The van der Waals surface area contributed by atoms with Crippen molar-refractivity contribution in [3.8, 4) is 0 Å². The molecule has 2 unspecified atom stereocenters. The highest BCUT2D eigenvalue weighted by Gasteiger charge is 2.56. The fraction of sp³-hybridized carbons (Fsp3) is 0.786. The van der Waals surface area contributed by atoms with Crippen LogP contribution in [0.4, 0.5) is 0 Å². The number of carboxylic acids is 1. The van der Waals surface area contributed by atoms with Crippen molar-refractivity contribution in [1.29, 1.82) is 0 Å². The van der Waals surface area contributed by atoms with E-state index in [-0.39, 0.29) is 5.92 Å². The van der Waals surface area contributed by atoms with Crippen LogP contribution in [-0.4, -0.2) is 23.3 Å². The van der Waals surface area contributed by atoms with Crippen molar-refractivity contribution in [3.05, 3.63) is 12.2 Å². The molecule has 1 aliphatic heterocycles. The molecule has 1 heterocycles. The van der Waals surface area contributed by atoms with E-state index in [1.165, 1.54) is 32.1 Å². The Bertz CT molecular complexity index is 267. The second-order valence-corrected chi connectivity index (χ2v) is 4.90. The van der Waals surface area contributed by atoms with Gasteiger partial charge in [0.1, 0.15) is 0 Å². The maximum absolute atomic E-state index is 11.0. The van der Waals surface area contributed by atoms with Crippen LogP contribution in [0, 0.1) is 5.92 Å². The molecule has 1 rings (SSSR count). The average Bonchev–Trinajstić information content (AvgIpc) is 3.08. The predicted molar refractivity (Wildman–Crippen MR) is 68.0 cm³/mol. The lowest BCUT2D eigenvalue weighted by Gasteiger charge is -2.11. The minimum Gasteiger partial charge on any atom is -0.479 e. The van der Waals surface area contributed by atoms with Gasteiger partial charge < -0.3 is 9.84 Å². The highest BCUT2D eigenvalue weighted by atomic mass is 16.6. The summed E-state index contributed by atoms with van der Waals surface area (Å²) < 4.78 is 5.08. The van der Waals surface area contributed by atoms with Crippen LogP contribution in [0.1, 0.15) is 52.4 Å². The van der Waals surface area contributed by atoms with Crippen LogP contribution < -0.4 is 0 Å². The summed E-state index contributed by atoms with van der Waals surface area (Å²) in [6, 6.07) is 0. The minimum absolute atomic E-state index is 0.0318. The first-order chi connectivity index (χ1) is 8.13. The molecule has 17 heavy (non-hydrogen) atoms. The zero-order valence-corrected chi connectivity index (χ0v) is 10.9. The van der Waals surface area contributed by atoms with Gasteiger partial charge >= 0.3 is 5.97 Å². The maximum Gasteiger partial charge on any atom is 0.339 e. The van der Waals surface area contributed by atoms with Gasteiger partial charge in [0, 0.05) is 5.92 Å². The molecule has 1 fully saturated rings. The van der Waals surface area contributed by atoms with Gasteiger partial charge in [-0.3, -0.25) is 0 Å². The fourth-order valence-electron chi connectivity index (χ4n) is 1.98. The summed E-state index contributed by atoms with van der Waals surface area (Å²) in [7, 11) is 0. The summed E-state index contributed by atoms with van der Waals surface area (Å²) in [6.07, 6.45) is 11.5. The van der Waals surface area contributed by atoms with Gasteiger partial charge in [0.2, 0.25) is 0 Å². The Kier molecular flexibility index (Phi) is 5.69. The van der Waals surface area contributed by atoms with Crippen LogP contribution in [0.3, 0.4) is 0 Å². The zero-order valence-electron chi connectivity index (χ0n) is 10.9. The molecule has 0 bridgehead atoms. The normalized spacial score (nSPS) is 25.1. The Hall–Kier alpha value is -0.830. The highest BCUT2D eigenvalue weighted by Crippen LogP contribution is 2.36. The summed E-state index contributed by atoms with van der Waals surface area (Å²) in [5.41, 5.74) is -0.918. The fourth-order valence-corrected chi connectivity index (χ4v) is 1.98. The van der Waals surface area contributed by atoms with Crippen molar-refractivity contribution in [1.82, 2.24) is 0 Å². The molecule has 0 amide bonds. The topological polar surface area (TPSA) is 49.8 Å². The molecule has 0 aromatic rings. The van der Waals surface area contributed by atoms with E-state index < -0.39 is 11.6 Å². The van der Waals surface area contributed by atoms with E-state index in [4.69, 9.17) is 9.84 Å². The first kappa shape index (κ1) is 14.2. The number of aliphatic carboxylic acids is 1. The molecule has 0 aromatic heterocycles. The first-order valence-electron chi connectivity index (χ1n) is 6.67. The van der Waals surface area contributed by atoms with Gasteiger partial charge in [-0.1, -0.05) is 51.7 Å². The van der Waals surface area contributed by atoms with E-state index in [0.29, 0.717) is 6.61 Å². The molecule has 98 valence electrons. The van der Waals surface area contributed by atoms with Crippen LogP contribution >= 0.6 is 0 Å². The maximum atomic E-state index is 11.0. The first-order valence-corrected chi connectivity index (χ1v) is 6.67. The minimum atomic E-state index is -0.918. The standard InChI is InChI=1S/C14H24O3/c1-3-4-5-6-7-8-9-10-12(2)14(11-17-14)13(15)16/h9-10,12H,3-8,11H2,1-2H3,(H,15,16)/b10-9-. The Morgan fingerprint density at radius 3 is 2.59 bits per heavy atom. The van der Waals surface area contributed by atoms with Crippen molar-refractivity contribution < 1.29 is 14.6 Å². The van der Waals surface area contributed by atoms with E-state index in [9.17, 15) is 4.79 Å². The Balaban J connectivity index is 2.14. The molecular formula is C14H24O3. The number of rotatable bonds is 9. The largest absolute Gasteiger partial charge is 0.479 e. The molecule has 0 radical (unpaired) electrons. The van der Waals surface area contributed by atoms with Gasteiger partial charge in [0.15, 0.2) is 5.60 Å². The Morgan fingerprint density at radius 2 is 2.06 bits per heavy atom. The van der Waals surface area contributed by atoms with E-state index in [0.717, 1.165) is 6.42 Å². The van der Waals surface area contributed by atoms with E-state index >= 15 is 0 Å². The van der Waals surface area contributed by atoms with Crippen LogP contribution in [0.5, 0.6) is 0 Å². The number of epoxide rings is 1. The van der Waals surface area contributed by atoms with Crippen molar-refractivity contribution in [2.75, 3.05) is 6.61 Å². The van der Waals surface area contributed by atoms with Gasteiger partial charge in [-0.2, -0.15) is 0 Å². The van der Waals surface area contributed by atoms with Crippen molar-refractivity contribution in [3.63, 3.8) is 0 Å². The molecule has 3 nitrogen and oxygen atoms in total. The lowest BCUT2D eigenvalue weighted by Crippen LogP contribution is -2.30. The lowest BCUT2D eigenvalue weighted by molar-refractivity contribution is -0.144. The smallest absolute Gasteiger partial charge is 0.339 e. The number of allylic oxidation sites excluding steroid dienone is 1. The van der Waals surface area contributed by atoms with Gasteiger partial charge in [0.25, 0.3) is 0 Å². The van der Waals surface area contributed by atoms with Crippen molar-refractivity contribution in [2.45, 2.75) is 58.0 Å². The SMILES string of the molecule is CCCCCCC/C=C\C(C)C1(C(=O)O)CO1. The van der Waals surface area contributed by atoms with Gasteiger partial charge in [-0.05, 0) is 12.8 Å². The van der Waals surface area contributed by atoms with Crippen LogP contribution in [0.25, 0.3) is 0 Å². The highest BCUT2D eigenvalue weighted by molar-refractivity contribution is 5.81. The van der Waals surface area contributed by atoms with Gasteiger partial charge in [0.05, 0.1) is 6.61 Å². The van der Waals surface area contributed by atoms with Gasteiger partial charge in [-0.25, -0.2) is 4.79 Å². The van der Waals surface area contributed by atoms with Crippen molar-refractivity contribution in [2.24, 2.45) is 5.92 Å². The summed E-state index contributed by atoms with van der Waals surface area (Å²) in [5.74, 6) is -0.867. The van der Waals surface area contributed by atoms with Crippen LogP contribution in [0.2, 0.25) is 0 Å². The van der Waals surface area contributed by atoms with Crippen LogP contribution in [-0.2, 0) is 9.53 Å². The second-order valence-electron chi connectivity index (χ2n) is 4.90. The second kappa shape index (κ2) is 6.80. The number of hydrogen-bond acceptors (Lipinski definition) is 2. The molecule has 1 saturated heterocycles. The molecule has 1 N–H and O–H groups in total. The molecule has 0 aliphatic carbocycles. The third-order valence-corrected chi connectivity index (χ3v) is 3.45. The predicted octanol–water partition coefficient (Wildman–Crippen LogP) is 3.39. The molecule has 0 saturated carbocycles. The molecule has 2 atom stereocenters.